The molecule has 1 N–H and O–H groups in total. The topological polar surface area (TPSA) is 32.3 Å². The number of fused-ring (bicyclic) bond motifs is 1. The van der Waals surface area contributed by atoms with E-state index in [1.807, 2.05) is 0 Å². The van der Waals surface area contributed by atoms with E-state index in [0.717, 1.165) is 37.3 Å². The lowest BCUT2D eigenvalue weighted by atomic mass is 9.98. The molecule has 0 saturated carbocycles. The van der Waals surface area contributed by atoms with E-state index in [9.17, 15) is 4.79 Å². The molecule has 0 unspecified atom stereocenters. The number of hydrogen-bond acceptors (Lipinski definition) is 2. The van der Waals surface area contributed by atoms with Gasteiger partial charge in [-0.25, -0.2) is 0 Å². The molecule has 0 spiro atoms. The van der Waals surface area contributed by atoms with E-state index in [0.29, 0.717) is 12.3 Å². The van der Waals surface area contributed by atoms with Crippen LogP contribution in [-0.4, -0.2) is 23.9 Å². The number of anilines is 1. The highest BCUT2D eigenvalue weighted by Gasteiger charge is 2.17. The maximum Gasteiger partial charge on any atom is 0.225 e. The Morgan fingerprint density at radius 1 is 1.12 bits per heavy atom. The lowest BCUT2D eigenvalue weighted by molar-refractivity contribution is -0.116. The van der Waals surface area contributed by atoms with Crippen LogP contribution in [0, 0.1) is 6.92 Å². The van der Waals surface area contributed by atoms with E-state index in [1.165, 1.54) is 16.7 Å². The van der Waals surface area contributed by atoms with Gasteiger partial charge < -0.3 is 5.32 Å². The molecule has 1 heterocycles. The maximum absolute atomic E-state index is 12.5. The number of benzene rings is 2. The van der Waals surface area contributed by atoms with Crippen LogP contribution in [0.5, 0.6) is 0 Å². The van der Waals surface area contributed by atoms with Crippen molar-refractivity contribution in [2.45, 2.75) is 46.1 Å². The Labute approximate surface area is 151 Å². The zero-order valence-electron chi connectivity index (χ0n) is 15.5. The molecule has 2 aromatic rings. The molecule has 25 heavy (non-hydrogen) atoms. The fourth-order valence-electron chi connectivity index (χ4n) is 3.55. The molecule has 2 aromatic carbocycles. The molecule has 1 aliphatic heterocycles. The second-order valence-corrected chi connectivity index (χ2v) is 7.29. The Morgan fingerprint density at radius 3 is 2.64 bits per heavy atom. The maximum atomic E-state index is 12.5. The minimum Gasteiger partial charge on any atom is -0.326 e. The molecule has 0 bridgehead atoms. The summed E-state index contributed by atoms with van der Waals surface area (Å²) in [5, 5.41) is 3.15. The van der Waals surface area contributed by atoms with Crippen molar-refractivity contribution in [2.24, 2.45) is 0 Å². The number of amides is 1. The summed E-state index contributed by atoms with van der Waals surface area (Å²) < 4.78 is 0. The number of rotatable bonds is 5. The summed E-state index contributed by atoms with van der Waals surface area (Å²) in [5.41, 5.74) is 6.18. The second-order valence-electron chi connectivity index (χ2n) is 7.29. The fourth-order valence-corrected chi connectivity index (χ4v) is 3.55. The van der Waals surface area contributed by atoms with E-state index < -0.39 is 0 Å². The quantitative estimate of drug-likeness (QED) is 0.871. The van der Waals surface area contributed by atoms with Gasteiger partial charge >= 0.3 is 0 Å². The molecule has 1 aliphatic rings. The minimum atomic E-state index is 0.107. The molecule has 0 aliphatic carbocycles. The van der Waals surface area contributed by atoms with Gasteiger partial charge in [0.1, 0.15) is 0 Å². The average molecular weight is 336 g/mol. The summed E-state index contributed by atoms with van der Waals surface area (Å²) in [6.07, 6.45) is 1.61. The molecule has 0 radical (unpaired) electrons. The number of nitrogens with zero attached hydrogens (tertiary/aromatic N) is 1. The first-order chi connectivity index (χ1) is 12.0. The molecule has 0 saturated heterocycles. The van der Waals surface area contributed by atoms with Crippen molar-refractivity contribution >= 4 is 11.6 Å². The van der Waals surface area contributed by atoms with Crippen LogP contribution in [0.25, 0.3) is 0 Å². The SMILES string of the molecule is Cc1cccc(C(C)C)c1NC(=O)CCN1CCc2ccccc2C1. The fraction of sp³-hybridized carbons (Fsp3) is 0.409. The van der Waals surface area contributed by atoms with Gasteiger partial charge in [-0.15, -0.1) is 0 Å². The first kappa shape index (κ1) is 17.7. The minimum absolute atomic E-state index is 0.107. The van der Waals surface area contributed by atoms with Crippen molar-refractivity contribution < 1.29 is 4.79 Å². The lowest BCUT2D eigenvalue weighted by Crippen LogP contribution is -2.33. The van der Waals surface area contributed by atoms with Crippen molar-refractivity contribution in [3.05, 3.63) is 64.7 Å². The van der Waals surface area contributed by atoms with E-state index in [-0.39, 0.29) is 5.91 Å². The Bertz CT molecular complexity index is 751. The normalized spacial score (nSPS) is 14.4. The molecular formula is C22H28N2O. The van der Waals surface area contributed by atoms with Crippen molar-refractivity contribution in [1.82, 2.24) is 4.90 Å². The number of para-hydroxylation sites is 1. The Hall–Kier alpha value is -2.13. The summed E-state index contributed by atoms with van der Waals surface area (Å²) in [6.45, 7) is 9.17. The largest absolute Gasteiger partial charge is 0.326 e. The third-order valence-electron chi connectivity index (χ3n) is 5.06. The van der Waals surface area contributed by atoms with Gasteiger partial charge in [-0.05, 0) is 41.5 Å². The Balaban J connectivity index is 1.58. The van der Waals surface area contributed by atoms with Crippen LogP contribution in [0.1, 0.15) is 48.4 Å². The molecule has 132 valence electrons. The zero-order valence-corrected chi connectivity index (χ0v) is 15.5. The highest BCUT2D eigenvalue weighted by molar-refractivity contribution is 5.92. The highest BCUT2D eigenvalue weighted by atomic mass is 16.1. The Morgan fingerprint density at radius 2 is 1.88 bits per heavy atom. The number of nitrogens with one attached hydrogen (secondary N) is 1. The predicted molar refractivity (Wildman–Crippen MR) is 104 cm³/mol. The Kier molecular flexibility index (Phi) is 5.54. The number of aryl methyl sites for hydroxylation is 1. The predicted octanol–water partition coefficient (Wildman–Crippen LogP) is 4.51. The van der Waals surface area contributed by atoms with Gasteiger partial charge in [0.2, 0.25) is 5.91 Å². The van der Waals surface area contributed by atoms with Crippen molar-refractivity contribution in [3.63, 3.8) is 0 Å². The third-order valence-corrected chi connectivity index (χ3v) is 5.06. The molecular weight excluding hydrogens is 308 g/mol. The van der Waals surface area contributed by atoms with Gasteiger partial charge in [0.05, 0.1) is 0 Å². The van der Waals surface area contributed by atoms with Gasteiger partial charge in [0.25, 0.3) is 0 Å². The van der Waals surface area contributed by atoms with Gasteiger partial charge in [-0.3, -0.25) is 9.69 Å². The summed E-state index contributed by atoms with van der Waals surface area (Å²) in [4.78, 5) is 14.9. The van der Waals surface area contributed by atoms with E-state index in [2.05, 4.69) is 73.5 Å². The highest BCUT2D eigenvalue weighted by Crippen LogP contribution is 2.27. The first-order valence-electron chi connectivity index (χ1n) is 9.23. The molecule has 3 nitrogen and oxygen atoms in total. The summed E-state index contributed by atoms with van der Waals surface area (Å²) in [6, 6.07) is 14.8. The summed E-state index contributed by atoms with van der Waals surface area (Å²) in [7, 11) is 0. The van der Waals surface area contributed by atoms with Crippen LogP contribution in [-0.2, 0) is 17.8 Å². The van der Waals surface area contributed by atoms with Crippen LogP contribution in [0.4, 0.5) is 5.69 Å². The van der Waals surface area contributed by atoms with Crippen LogP contribution in [0.15, 0.2) is 42.5 Å². The van der Waals surface area contributed by atoms with E-state index >= 15 is 0 Å². The van der Waals surface area contributed by atoms with Gasteiger partial charge in [-0.1, -0.05) is 56.3 Å². The van der Waals surface area contributed by atoms with Gasteiger partial charge in [0, 0.05) is 31.7 Å². The van der Waals surface area contributed by atoms with Crippen molar-refractivity contribution in [1.29, 1.82) is 0 Å². The van der Waals surface area contributed by atoms with Crippen LogP contribution < -0.4 is 5.32 Å². The smallest absolute Gasteiger partial charge is 0.225 e. The van der Waals surface area contributed by atoms with Crippen LogP contribution in [0.3, 0.4) is 0 Å². The van der Waals surface area contributed by atoms with Crippen molar-refractivity contribution in [3.8, 4) is 0 Å². The van der Waals surface area contributed by atoms with E-state index in [1.54, 1.807) is 0 Å². The molecule has 1 amide bonds. The van der Waals surface area contributed by atoms with Gasteiger partial charge in [0.15, 0.2) is 0 Å². The summed E-state index contributed by atoms with van der Waals surface area (Å²) in [5.74, 6) is 0.504. The number of hydrogen-bond donors (Lipinski definition) is 1. The standard InChI is InChI=1S/C22H28N2O/c1-16(2)20-10-6-7-17(3)22(20)23-21(25)12-14-24-13-11-18-8-4-5-9-19(18)15-24/h4-10,16H,11-15H2,1-3H3,(H,23,25). The summed E-state index contributed by atoms with van der Waals surface area (Å²) >= 11 is 0. The third kappa shape index (κ3) is 4.29. The molecule has 3 rings (SSSR count). The number of carbonyl (C=O) groups is 1. The van der Waals surface area contributed by atoms with Crippen molar-refractivity contribution in [2.75, 3.05) is 18.4 Å². The number of carbonyl (C=O) groups excluding carboxylic acids is 1. The van der Waals surface area contributed by atoms with Gasteiger partial charge in [-0.2, -0.15) is 0 Å². The lowest BCUT2D eigenvalue weighted by Gasteiger charge is -2.28. The molecule has 0 aromatic heterocycles. The molecule has 0 atom stereocenters. The second kappa shape index (κ2) is 7.83. The monoisotopic (exact) mass is 336 g/mol. The van der Waals surface area contributed by atoms with E-state index in [4.69, 9.17) is 0 Å². The van der Waals surface area contributed by atoms with Crippen LogP contribution in [0.2, 0.25) is 0 Å². The average Bonchev–Trinajstić information content (AvgIpc) is 2.61. The molecule has 3 heteroatoms. The van der Waals surface area contributed by atoms with Crippen LogP contribution >= 0.6 is 0 Å². The molecule has 0 fully saturated rings. The zero-order chi connectivity index (χ0) is 17.8. The first-order valence-corrected chi connectivity index (χ1v) is 9.23.